The van der Waals surface area contributed by atoms with Crippen LogP contribution in [0.5, 0.6) is 5.75 Å². The smallest absolute Gasteiger partial charge is 0.339 e. The van der Waals surface area contributed by atoms with Gasteiger partial charge in [0.05, 0.1) is 5.57 Å². The number of hydrogen-bond donors (Lipinski definition) is 0. The molecular weight excluding hydrogens is 585 g/mol. The van der Waals surface area contributed by atoms with Gasteiger partial charge < -0.3 is 9.08 Å². The van der Waals surface area contributed by atoms with E-state index in [2.05, 4.69) is 22.6 Å². The van der Waals surface area contributed by atoms with Crippen LogP contribution in [-0.4, -0.2) is 33.2 Å². The molecule has 0 saturated heterocycles. The summed E-state index contributed by atoms with van der Waals surface area (Å²) in [7, 11) is -0.479. The van der Waals surface area contributed by atoms with Crippen molar-refractivity contribution in [2.75, 3.05) is 14.1 Å². The number of rotatable bonds is 7. The molecule has 0 saturated carbocycles. The van der Waals surface area contributed by atoms with Gasteiger partial charge in [-0.3, -0.25) is 4.79 Å². The van der Waals surface area contributed by atoms with Crippen LogP contribution in [0.25, 0.3) is 27.8 Å². The molecule has 0 unspecified atom stereocenters. The van der Waals surface area contributed by atoms with Crippen molar-refractivity contribution < 1.29 is 17.4 Å². The molecule has 5 rings (SSSR count). The lowest BCUT2D eigenvalue weighted by atomic mass is 9.75. The molecule has 0 fully saturated rings. The standard InChI is InChI=1S/C29H22INO4S/c1-31(2)18-24(29(32)23-14-8-9-15-25(23)30)28-26(35-36(33,34)19-10-4-3-5-11-19)17-16-22-20-12-6-7-13-21(20)27(22)28/h3-18H,1-2H3/b24-18+. The quantitative estimate of drug-likeness (QED) is 0.0917. The molecule has 1 aliphatic carbocycles. The fourth-order valence-corrected chi connectivity index (χ4v) is 5.93. The second-order valence-corrected chi connectivity index (χ2v) is 11.3. The van der Waals surface area contributed by atoms with E-state index in [4.69, 9.17) is 4.18 Å². The van der Waals surface area contributed by atoms with Crippen LogP contribution in [0, 0.1) is 3.57 Å². The third-order valence-electron chi connectivity index (χ3n) is 5.90. The number of nitrogens with zero attached hydrogens (tertiary/aromatic N) is 1. The topological polar surface area (TPSA) is 63.7 Å². The molecule has 0 bridgehead atoms. The van der Waals surface area contributed by atoms with Crippen LogP contribution in [0.4, 0.5) is 0 Å². The van der Waals surface area contributed by atoms with Gasteiger partial charge in [0.15, 0.2) is 11.5 Å². The van der Waals surface area contributed by atoms with E-state index in [0.717, 1.165) is 25.8 Å². The summed E-state index contributed by atoms with van der Waals surface area (Å²) in [6, 6.07) is 26.7. The number of carbonyl (C=O) groups is 1. The summed E-state index contributed by atoms with van der Waals surface area (Å²) < 4.78 is 33.0. The van der Waals surface area contributed by atoms with Crippen molar-refractivity contribution in [2.24, 2.45) is 0 Å². The Morgan fingerprint density at radius 3 is 2.14 bits per heavy atom. The maximum absolute atomic E-state index is 14.0. The average molecular weight is 607 g/mol. The van der Waals surface area contributed by atoms with E-state index in [1.807, 2.05) is 62.6 Å². The summed E-state index contributed by atoms with van der Waals surface area (Å²) in [4.78, 5) is 15.8. The molecule has 0 atom stereocenters. The molecule has 0 radical (unpaired) electrons. The summed E-state index contributed by atoms with van der Waals surface area (Å²) in [6.45, 7) is 0. The number of allylic oxidation sites excluding steroid dienone is 1. The summed E-state index contributed by atoms with van der Waals surface area (Å²) in [5, 5.41) is 0. The lowest BCUT2D eigenvalue weighted by Crippen LogP contribution is -2.16. The third kappa shape index (κ3) is 4.33. The van der Waals surface area contributed by atoms with Crippen molar-refractivity contribution in [1.29, 1.82) is 0 Å². The highest BCUT2D eigenvalue weighted by molar-refractivity contribution is 14.1. The lowest BCUT2D eigenvalue weighted by Gasteiger charge is -2.29. The molecule has 0 N–H and O–H groups in total. The zero-order valence-electron chi connectivity index (χ0n) is 19.6. The van der Waals surface area contributed by atoms with Gasteiger partial charge in [-0.05, 0) is 75.7 Å². The molecule has 0 aliphatic heterocycles. The van der Waals surface area contributed by atoms with Crippen LogP contribution in [-0.2, 0) is 10.1 Å². The number of ketones is 1. The van der Waals surface area contributed by atoms with Crippen LogP contribution in [0.15, 0.2) is 102 Å². The first-order valence-corrected chi connectivity index (χ1v) is 13.7. The van der Waals surface area contributed by atoms with Crippen LogP contribution in [0.3, 0.4) is 0 Å². The molecule has 5 nitrogen and oxygen atoms in total. The van der Waals surface area contributed by atoms with Crippen molar-refractivity contribution >= 4 is 44.1 Å². The van der Waals surface area contributed by atoms with E-state index in [1.165, 1.54) is 12.1 Å². The fourth-order valence-electron chi connectivity index (χ4n) is 4.34. The van der Waals surface area contributed by atoms with E-state index >= 15 is 0 Å². The fraction of sp³-hybridized carbons (Fsp3) is 0.0690. The number of hydrogen-bond acceptors (Lipinski definition) is 5. The molecule has 0 aromatic heterocycles. The first-order chi connectivity index (χ1) is 17.3. The molecular formula is C29H22INO4S. The van der Waals surface area contributed by atoms with Crippen molar-refractivity contribution in [3.05, 3.63) is 112 Å². The highest BCUT2D eigenvalue weighted by atomic mass is 127. The summed E-state index contributed by atoms with van der Waals surface area (Å²) in [6.07, 6.45) is 1.73. The van der Waals surface area contributed by atoms with E-state index in [0.29, 0.717) is 16.7 Å². The Kier molecular flexibility index (Phi) is 6.44. The van der Waals surface area contributed by atoms with Gasteiger partial charge in [0.2, 0.25) is 0 Å². The van der Waals surface area contributed by atoms with Gasteiger partial charge in [-0.25, -0.2) is 0 Å². The Morgan fingerprint density at radius 2 is 1.44 bits per heavy atom. The highest BCUT2D eigenvalue weighted by Gasteiger charge is 2.33. The Balaban J connectivity index is 1.74. The molecule has 0 amide bonds. The predicted octanol–water partition coefficient (Wildman–Crippen LogP) is 6.49. The van der Waals surface area contributed by atoms with Crippen molar-refractivity contribution in [1.82, 2.24) is 4.90 Å². The van der Waals surface area contributed by atoms with Gasteiger partial charge in [-0.15, -0.1) is 0 Å². The molecule has 4 aromatic rings. The normalized spacial score (nSPS) is 12.2. The SMILES string of the molecule is CN(C)/C=C(/C(=O)c1ccccc1I)c1c(OS(=O)(=O)c2ccccc2)ccc2c1-c1ccccc1-2. The lowest BCUT2D eigenvalue weighted by molar-refractivity contribution is 0.105. The molecule has 180 valence electrons. The van der Waals surface area contributed by atoms with Gasteiger partial charge in [-0.2, -0.15) is 8.42 Å². The minimum Gasteiger partial charge on any atom is -0.383 e. The van der Waals surface area contributed by atoms with Gasteiger partial charge in [0.1, 0.15) is 4.90 Å². The largest absolute Gasteiger partial charge is 0.383 e. The van der Waals surface area contributed by atoms with E-state index < -0.39 is 10.1 Å². The number of halogens is 1. The van der Waals surface area contributed by atoms with Crippen LogP contribution >= 0.6 is 22.6 Å². The molecule has 1 aliphatic rings. The Morgan fingerprint density at radius 1 is 0.806 bits per heavy atom. The Labute approximate surface area is 224 Å². The number of carbonyl (C=O) groups excluding carboxylic acids is 1. The van der Waals surface area contributed by atoms with E-state index in [-0.39, 0.29) is 16.4 Å². The summed E-state index contributed by atoms with van der Waals surface area (Å²) in [5.41, 5.74) is 5.11. The minimum atomic E-state index is -4.13. The van der Waals surface area contributed by atoms with Gasteiger partial charge in [0.25, 0.3) is 0 Å². The van der Waals surface area contributed by atoms with Gasteiger partial charge in [-0.1, -0.05) is 54.6 Å². The molecule has 0 spiro atoms. The number of fused-ring (bicyclic) bond motifs is 4. The zero-order valence-corrected chi connectivity index (χ0v) is 22.6. The second-order valence-electron chi connectivity index (χ2n) is 8.57. The van der Waals surface area contributed by atoms with Crippen LogP contribution in [0.2, 0.25) is 0 Å². The first-order valence-electron chi connectivity index (χ1n) is 11.2. The maximum Gasteiger partial charge on any atom is 0.339 e. The summed E-state index contributed by atoms with van der Waals surface area (Å²) >= 11 is 2.14. The van der Waals surface area contributed by atoms with E-state index in [9.17, 15) is 13.2 Å². The second kappa shape index (κ2) is 9.55. The van der Waals surface area contributed by atoms with Crippen LogP contribution < -0.4 is 4.18 Å². The Bertz CT molecular complexity index is 1630. The first kappa shape index (κ1) is 24.3. The number of benzene rings is 4. The number of Topliss-reactive ketones (excluding diaryl/α,β-unsaturated/α-hetero) is 1. The molecule has 36 heavy (non-hydrogen) atoms. The highest BCUT2D eigenvalue weighted by Crippen LogP contribution is 2.53. The average Bonchev–Trinajstić information content (AvgIpc) is 2.86. The van der Waals surface area contributed by atoms with E-state index in [1.54, 1.807) is 41.4 Å². The van der Waals surface area contributed by atoms with Crippen molar-refractivity contribution in [2.45, 2.75) is 4.90 Å². The van der Waals surface area contributed by atoms with Crippen LogP contribution in [0.1, 0.15) is 15.9 Å². The van der Waals surface area contributed by atoms with Crippen molar-refractivity contribution in [3.8, 4) is 28.0 Å². The van der Waals surface area contributed by atoms with Gasteiger partial charge in [0, 0.05) is 40.6 Å². The molecule has 4 aromatic carbocycles. The maximum atomic E-state index is 14.0. The molecule has 7 heteroatoms. The van der Waals surface area contributed by atoms with Crippen molar-refractivity contribution in [3.63, 3.8) is 0 Å². The Hall–Kier alpha value is -3.43. The predicted molar refractivity (Wildman–Crippen MR) is 150 cm³/mol. The zero-order chi connectivity index (χ0) is 25.4. The molecule has 0 heterocycles. The minimum absolute atomic E-state index is 0.0427. The monoisotopic (exact) mass is 607 g/mol. The summed E-state index contributed by atoms with van der Waals surface area (Å²) in [5.74, 6) is -0.104. The third-order valence-corrected chi connectivity index (χ3v) is 8.09. The van der Waals surface area contributed by atoms with Gasteiger partial charge >= 0.3 is 10.1 Å².